The molecule has 0 N–H and O–H groups in total. The van der Waals surface area contributed by atoms with Crippen molar-refractivity contribution in [2.75, 3.05) is 7.11 Å². The first-order valence-electron chi connectivity index (χ1n) is 4.89. The highest BCUT2D eigenvalue weighted by molar-refractivity contribution is 5.59. The van der Waals surface area contributed by atoms with Crippen LogP contribution in [0.5, 0.6) is 0 Å². The maximum atomic E-state index is 10.9. The zero-order chi connectivity index (χ0) is 9.84. The van der Waals surface area contributed by atoms with Gasteiger partial charge in [-0.1, -0.05) is 20.3 Å². The molecule has 0 aromatic rings. The van der Waals surface area contributed by atoms with Gasteiger partial charge < -0.3 is 9.47 Å². The van der Waals surface area contributed by atoms with Crippen molar-refractivity contribution in [1.29, 1.82) is 0 Å². The van der Waals surface area contributed by atoms with Crippen LogP contribution in [0.2, 0.25) is 0 Å². The molecule has 0 aliphatic heterocycles. The molecule has 0 radical (unpaired) electrons. The molecule has 1 aliphatic rings. The van der Waals surface area contributed by atoms with Gasteiger partial charge in [-0.3, -0.25) is 0 Å². The van der Waals surface area contributed by atoms with E-state index in [-0.39, 0.29) is 6.10 Å². The SMILES string of the molecule is COC(=O)OC1C(C)CCCC1C. The van der Waals surface area contributed by atoms with Crippen molar-refractivity contribution in [2.45, 2.75) is 39.2 Å². The third-order valence-electron chi connectivity index (χ3n) is 2.84. The van der Waals surface area contributed by atoms with E-state index in [0.29, 0.717) is 11.8 Å². The largest absolute Gasteiger partial charge is 0.508 e. The average molecular weight is 186 g/mol. The van der Waals surface area contributed by atoms with E-state index >= 15 is 0 Å². The van der Waals surface area contributed by atoms with Gasteiger partial charge >= 0.3 is 6.16 Å². The van der Waals surface area contributed by atoms with Crippen LogP contribution < -0.4 is 0 Å². The van der Waals surface area contributed by atoms with Crippen molar-refractivity contribution in [3.05, 3.63) is 0 Å². The molecule has 13 heavy (non-hydrogen) atoms. The molecule has 0 saturated heterocycles. The number of ether oxygens (including phenoxy) is 2. The Labute approximate surface area is 79.4 Å². The number of hydrogen-bond donors (Lipinski definition) is 0. The van der Waals surface area contributed by atoms with Gasteiger partial charge in [0.1, 0.15) is 6.10 Å². The lowest BCUT2D eigenvalue weighted by Gasteiger charge is -2.33. The molecular weight excluding hydrogens is 168 g/mol. The predicted octanol–water partition coefficient (Wildman–Crippen LogP) is 2.59. The smallest absolute Gasteiger partial charge is 0.438 e. The molecule has 0 aromatic carbocycles. The van der Waals surface area contributed by atoms with Gasteiger partial charge in [-0.05, 0) is 24.7 Å². The second-order valence-electron chi connectivity index (χ2n) is 3.92. The Hall–Kier alpha value is -0.730. The molecule has 0 bridgehead atoms. The molecular formula is C10H18O3. The third kappa shape index (κ3) is 2.61. The summed E-state index contributed by atoms with van der Waals surface area (Å²) in [6.07, 6.45) is 3.02. The Kier molecular flexibility index (Phi) is 3.58. The minimum absolute atomic E-state index is 0.0428. The summed E-state index contributed by atoms with van der Waals surface area (Å²) >= 11 is 0. The highest BCUT2D eigenvalue weighted by Gasteiger charge is 2.31. The molecule has 0 spiro atoms. The first kappa shape index (κ1) is 10.4. The van der Waals surface area contributed by atoms with Gasteiger partial charge in [-0.15, -0.1) is 0 Å². The standard InChI is InChI=1S/C10H18O3/c1-7-5-4-6-8(2)9(7)13-10(11)12-3/h7-9H,4-6H2,1-3H3. The quantitative estimate of drug-likeness (QED) is 0.590. The van der Waals surface area contributed by atoms with Crippen molar-refractivity contribution >= 4 is 6.16 Å². The van der Waals surface area contributed by atoms with E-state index < -0.39 is 6.16 Å². The summed E-state index contributed by atoms with van der Waals surface area (Å²) in [5.41, 5.74) is 0. The Bertz CT molecular complexity index is 169. The Morgan fingerprint density at radius 2 is 1.77 bits per heavy atom. The van der Waals surface area contributed by atoms with E-state index in [1.165, 1.54) is 13.5 Å². The summed E-state index contributed by atoms with van der Waals surface area (Å²) in [6.45, 7) is 4.26. The van der Waals surface area contributed by atoms with Gasteiger partial charge in [-0.25, -0.2) is 4.79 Å². The molecule has 1 fully saturated rings. The first-order chi connectivity index (χ1) is 6.15. The van der Waals surface area contributed by atoms with Crippen LogP contribution in [-0.2, 0) is 9.47 Å². The minimum Gasteiger partial charge on any atom is -0.438 e. The predicted molar refractivity (Wildman–Crippen MR) is 49.5 cm³/mol. The van der Waals surface area contributed by atoms with Crippen LogP contribution in [0.1, 0.15) is 33.1 Å². The molecule has 0 aromatic heterocycles. The molecule has 2 unspecified atom stereocenters. The van der Waals surface area contributed by atoms with Crippen LogP contribution in [0.15, 0.2) is 0 Å². The van der Waals surface area contributed by atoms with E-state index in [1.54, 1.807) is 0 Å². The summed E-state index contributed by atoms with van der Waals surface area (Å²) in [7, 11) is 1.35. The van der Waals surface area contributed by atoms with Crippen molar-refractivity contribution in [1.82, 2.24) is 0 Å². The lowest BCUT2D eigenvalue weighted by molar-refractivity contribution is -0.0238. The van der Waals surface area contributed by atoms with E-state index in [2.05, 4.69) is 18.6 Å². The van der Waals surface area contributed by atoms with Gasteiger partial charge in [0.25, 0.3) is 0 Å². The number of hydrogen-bond acceptors (Lipinski definition) is 3. The van der Waals surface area contributed by atoms with E-state index in [4.69, 9.17) is 4.74 Å². The molecule has 3 heteroatoms. The molecule has 0 heterocycles. The Morgan fingerprint density at radius 1 is 1.23 bits per heavy atom. The molecule has 76 valence electrons. The van der Waals surface area contributed by atoms with Crippen molar-refractivity contribution in [2.24, 2.45) is 11.8 Å². The fourth-order valence-electron chi connectivity index (χ4n) is 2.04. The fraction of sp³-hybridized carbons (Fsp3) is 0.900. The normalized spacial score (nSPS) is 33.9. The number of carbonyl (C=O) groups excluding carboxylic acids is 1. The summed E-state index contributed by atoms with van der Waals surface area (Å²) in [6, 6.07) is 0. The first-order valence-corrected chi connectivity index (χ1v) is 4.89. The second-order valence-corrected chi connectivity index (χ2v) is 3.92. The highest BCUT2D eigenvalue weighted by Crippen LogP contribution is 2.31. The number of methoxy groups -OCH3 is 1. The Balaban J connectivity index is 2.48. The lowest BCUT2D eigenvalue weighted by atomic mass is 9.81. The number of carbonyl (C=O) groups is 1. The van der Waals surface area contributed by atoms with Crippen LogP contribution in [0, 0.1) is 11.8 Å². The second kappa shape index (κ2) is 4.49. The minimum atomic E-state index is -0.550. The zero-order valence-corrected chi connectivity index (χ0v) is 8.58. The van der Waals surface area contributed by atoms with Crippen molar-refractivity contribution < 1.29 is 14.3 Å². The maximum Gasteiger partial charge on any atom is 0.508 e. The molecule has 1 rings (SSSR count). The Morgan fingerprint density at radius 3 is 2.23 bits per heavy atom. The van der Waals surface area contributed by atoms with Crippen LogP contribution in [0.4, 0.5) is 4.79 Å². The van der Waals surface area contributed by atoms with Crippen LogP contribution in [-0.4, -0.2) is 19.4 Å². The molecule has 1 aliphatic carbocycles. The summed E-state index contributed by atoms with van der Waals surface area (Å²) in [4.78, 5) is 10.9. The van der Waals surface area contributed by atoms with Crippen LogP contribution in [0.25, 0.3) is 0 Å². The fourth-order valence-corrected chi connectivity index (χ4v) is 2.04. The summed E-state index contributed by atoms with van der Waals surface area (Å²) < 4.78 is 9.69. The van der Waals surface area contributed by atoms with Crippen LogP contribution >= 0.6 is 0 Å². The third-order valence-corrected chi connectivity index (χ3v) is 2.84. The monoisotopic (exact) mass is 186 g/mol. The molecule has 3 nitrogen and oxygen atoms in total. The zero-order valence-electron chi connectivity index (χ0n) is 8.58. The van der Waals surface area contributed by atoms with E-state index in [9.17, 15) is 4.79 Å². The van der Waals surface area contributed by atoms with Gasteiger partial charge in [-0.2, -0.15) is 0 Å². The van der Waals surface area contributed by atoms with Gasteiger partial charge in [0.15, 0.2) is 0 Å². The summed E-state index contributed by atoms with van der Waals surface area (Å²) in [5, 5.41) is 0. The van der Waals surface area contributed by atoms with Crippen molar-refractivity contribution in [3.63, 3.8) is 0 Å². The van der Waals surface area contributed by atoms with E-state index in [0.717, 1.165) is 12.8 Å². The van der Waals surface area contributed by atoms with Gasteiger partial charge in [0, 0.05) is 0 Å². The maximum absolute atomic E-state index is 10.9. The lowest BCUT2D eigenvalue weighted by Crippen LogP contribution is -2.34. The molecule has 2 atom stereocenters. The summed E-state index contributed by atoms with van der Waals surface area (Å²) in [5.74, 6) is 0.922. The van der Waals surface area contributed by atoms with Gasteiger partial charge in [0.2, 0.25) is 0 Å². The van der Waals surface area contributed by atoms with E-state index in [1.807, 2.05) is 0 Å². The van der Waals surface area contributed by atoms with Gasteiger partial charge in [0.05, 0.1) is 7.11 Å². The van der Waals surface area contributed by atoms with Crippen molar-refractivity contribution in [3.8, 4) is 0 Å². The number of rotatable bonds is 1. The van der Waals surface area contributed by atoms with Crippen LogP contribution in [0.3, 0.4) is 0 Å². The molecule has 1 saturated carbocycles. The molecule has 0 amide bonds. The highest BCUT2D eigenvalue weighted by atomic mass is 16.7. The topological polar surface area (TPSA) is 35.5 Å². The average Bonchev–Trinajstić information content (AvgIpc) is 2.11.